The minimum absolute atomic E-state index is 0.573. The molecule has 0 aliphatic heterocycles. The van der Waals surface area contributed by atoms with Gasteiger partial charge in [-0.3, -0.25) is 0 Å². The Kier molecular flexibility index (Phi) is 3.59. The first-order chi connectivity index (χ1) is 9.52. The van der Waals surface area contributed by atoms with E-state index < -0.39 is 0 Å². The average Bonchev–Trinajstić information content (AvgIpc) is 2.75. The maximum Gasteiger partial charge on any atom is 0.0983 e. The van der Waals surface area contributed by atoms with Crippen molar-refractivity contribution in [2.45, 2.75) is 13.3 Å². The van der Waals surface area contributed by atoms with E-state index in [1.165, 1.54) is 10.3 Å². The molecule has 0 bridgehead atoms. The largest absolute Gasteiger partial charge is 0.399 e. The quantitative estimate of drug-likeness (QED) is 0.668. The Morgan fingerprint density at radius 2 is 1.85 bits per heavy atom. The number of thiazole rings is 1. The van der Waals surface area contributed by atoms with Gasteiger partial charge in [0.1, 0.15) is 0 Å². The molecule has 1 aromatic heterocycles. The van der Waals surface area contributed by atoms with Crippen LogP contribution >= 0.6 is 34.5 Å². The van der Waals surface area contributed by atoms with Crippen molar-refractivity contribution in [3.63, 3.8) is 0 Å². The number of halogens is 2. The Morgan fingerprint density at radius 1 is 1.15 bits per heavy atom. The first kappa shape index (κ1) is 13.7. The van der Waals surface area contributed by atoms with Gasteiger partial charge in [0.05, 0.1) is 15.2 Å². The highest BCUT2D eigenvalue weighted by Gasteiger charge is 2.11. The van der Waals surface area contributed by atoms with Crippen molar-refractivity contribution in [1.82, 2.24) is 4.98 Å². The molecule has 0 aliphatic carbocycles. The molecule has 0 radical (unpaired) electrons. The lowest BCUT2D eigenvalue weighted by atomic mass is 10.1. The van der Waals surface area contributed by atoms with Gasteiger partial charge < -0.3 is 5.73 Å². The lowest BCUT2D eigenvalue weighted by Gasteiger charge is -2.06. The number of nitrogens with zero attached hydrogens (tertiary/aromatic N) is 1. The molecule has 20 heavy (non-hydrogen) atoms. The third-order valence-corrected chi connectivity index (χ3v) is 4.77. The van der Waals surface area contributed by atoms with Crippen molar-refractivity contribution < 1.29 is 0 Å². The highest BCUT2D eigenvalue weighted by molar-refractivity contribution is 7.18. The minimum atomic E-state index is 0.573. The summed E-state index contributed by atoms with van der Waals surface area (Å²) in [7, 11) is 0. The van der Waals surface area contributed by atoms with Crippen LogP contribution in [-0.2, 0) is 6.42 Å². The molecule has 3 rings (SSSR count). The first-order valence-corrected chi connectivity index (χ1v) is 7.69. The number of aromatic nitrogens is 1. The second-order valence-electron chi connectivity index (χ2n) is 4.72. The van der Waals surface area contributed by atoms with Gasteiger partial charge in [-0.05, 0) is 42.3 Å². The lowest BCUT2D eigenvalue weighted by Crippen LogP contribution is -1.93. The fourth-order valence-corrected chi connectivity index (χ4v) is 3.81. The summed E-state index contributed by atoms with van der Waals surface area (Å²) in [5, 5.41) is 2.18. The number of nitrogen functional groups attached to an aromatic ring is 1. The molecule has 0 unspecified atom stereocenters. The SMILES string of the molecule is Cc1ccc2nc(Cc3c(Cl)cc(N)cc3Cl)sc2c1. The predicted molar refractivity (Wildman–Crippen MR) is 88.0 cm³/mol. The van der Waals surface area contributed by atoms with E-state index in [1.807, 2.05) is 6.07 Å². The Morgan fingerprint density at radius 3 is 2.55 bits per heavy atom. The van der Waals surface area contributed by atoms with Crippen LogP contribution in [-0.4, -0.2) is 4.98 Å². The number of anilines is 1. The van der Waals surface area contributed by atoms with Gasteiger partial charge in [-0.1, -0.05) is 29.3 Å². The summed E-state index contributed by atoms with van der Waals surface area (Å²) in [6.07, 6.45) is 0.621. The van der Waals surface area contributed by atoms with Crippen LogP contribution in [0.1, 0.15) is 16.1 Å². The minimum Gasteiger partial charge on any atom is -0.399 e. The molecule has 2 N–H and O–H groups in total. The van der Waals surface area contributed by atoms with Gasteiger partial charge in [0.25, 0.3) is 0 Å². The van der Waals surface area contributed by atoms with E-state index in [1.54, 1.807) is 23.5 Å². The number of nitrogens with two attached hydrogens (primary N) is 1. The maximum atomic E-state index is 6.22. The lowest BCUT2D eigenvalue weighted by molar-refractivity contribution is 1.16. The molecule has 2 nitrogen and oxygen atoms in total. The molecule has 2 aromatic carbocycles. The maximum absolute atomic E-state index is 6.22. The fraction of sp³-hybridized carbons (Fsp3) is 0.133. The van der Waals surface area contributed by atoms with E-state index in [0.717, 1.165) is 16.1 Å². The zero-order valence-corrected chi connectivity index (χ0v) is 13.1. The highest BCUT2D eigenvalue weighted by atomic mass is 35.5. The Balaban J connectivity index is 2.01. The predicted octanol–water partition coefficient (Wildman–Crippen LogP) is 5.08. The highest BCUT2D eigenvalue weighted by Crippen LogP contribution is 2.32. The van der Waals surface area contributed by atoms with Crippen molar-refractivity contribution >= 4 is 50.4 Å². The summed E-state index contributed by atoms with van der Waals surface area (Å²) in [5.74, 6) is 0. The third-order valence-electron chi connectivity index (χ3n) is 3.08. The molecule has 102 valence electrons. The van der Waals surface area contributed by atoms with E-state index in [-0.39, 0.29) is 0 Å². The normalized spacial score (nSPS) is 11.2. The van der Waals surface area contributed by atoms with Gasteiger partial charge in [0, 0.05) is 22.2 Å². The van der Waals surface area contributed by atoms with E-state index in [2.05, 4.69) is 24.0 Å². The van der Waals surface area contributed by atoms with Crippen LogP contribution in [0.25, 0.3) is 10.2 Å². The number of aryl methyl sites for hydroxylation is 1. The second-order valence-corrected chi connectivity index (χ2v) is 6.65. The van der Waals surface area contributed by atoms with E-state index in [9.17, 15) is 0 Å². The van der Waals surface area contributed by atoms with E-state index >= 15 is 0 Å². The molecule has 0 spiro atoms. The summed E-state index contributed by atoms with van der Waals surface area (Å²) >= 11 is 14.1. The van der Waals surface area contributed by atoms with Crippen LogP contribution in [0.2, 0.25) is 10.0 Å². The third kappa shape index (κ3) is 2.62. The summed E-state index contributed by atoms with van der Waals surface area (Å²) in [4.78, 5) is 4.62. The number of fused-ring (bicyclic) bond motifs is 1. The summed E-state index contributed by atoms with van der Waals surface area (Å²) < 4.78 is 1.18. The van der Waals surface area contributed by atoms with Crippen molar-refractivity contribution in [3.05, 3.63) is 56.5 Å². The molecular formula is C15H12Cl2N2S. The van der Waals surface area contributed by atoms with Crippen LogP contribution in [0, 0.1) is 6.92 Å². The molecule has 0 saturated heterocycles. The van der Waals surface area contributed by atoms with Crippen LogP contribution < -0.4 is 5.73 Å². The first-order valence-electron chi connectivity index (χ1n) is 6.12. The molecule has 3 aromatic rings. The topological polar surface area (TPSA) is 38.9 Å². The van der Waals surface area contributed by atoms with Gasteiger partial charge in [-0.15, -0.1) is 11.3 Å². The number of hydrogen-bond donors (Lipinski definition) is 1. The van der Waals surface area contributed by atoms with Crippen LogP contribution in [0.3, 0.4) is 0 Å². The van der Waals surface area contributed by atoms with Gasteiger partial charge in [-0.2, -0.15) is 0 Å². The average molecular weight is 323 g/mol. The smallest absolute Gasteiger partial charge is 0.0983 e. The molecule has 5 heteroatoms. The van der Waals surface area contributed by atoms with Crippen molar-refractivity contribution in [2.24, 2.45) is 0 Å². The van der Waals surface area contributed by atoms with Crippen LogP contribution in [0.4, 0.5) is 5.69 Å². The molecule has 0 saturated carbocycles. The Bertz CT molecular complexity index is 773. The standard InChI is InChI=1S/C15H12Cl2N2S/c1-8-2-3-13-14(4-8)20-15(19-13)7-10-11(16)5-9(18)6-12(10)17/h2-6H,7,18H2,1H3. The molecule has 0 amide bonds. The summed E-state index contributed by atoms with van der Waals surface area (Å²) in [6.45, 7) is 2.08. The molecule has 1 heterocycles. The fourth-order valence-electron chi connectivity index (χ4n) is 2.10. The second kappa shape index (κ2) is 5.24. The van der Waals surface area contributed by atoms with Gasteiger partial charge in [-0.25, -0.2) is 4.98 Å². The van der Waals surface area contributed by atoms with Crippen molar-refractivity contribution in [2.75, 3.05) is 5.73 Å². The number of hydrogen-bond acceptors (Lipinski definition) is 3. The number of rotatable bonds is 2. The Hall–Kier alpha value is -1.29. The molecule has 0 fully saturated rings. The Labute approximate surface area is 131 Å². The van der Waals surface area contributed by atoms with Crippen LogP contribution in [0.15, 0.2) is 30.3 Å². The van der Waals surface area contributed by atoms with Gasteiger partial charge in [0.15, 0.2) is 0 Å². The molecule has 0 atom stereocenters. The van der Waals surface area contributed by atoms with Crippen molar-refractivity contribution in [1.29, 1.82) is 0 Å². The van der Waals surface area contributed by atoms with Crippen LogP contribution in [0.5, 0.6) is 0 Å². The summed E-state index contributed by atoms with van der Waals surface area (Å²) in [6, 6.07) is 9.69. The van der Waals surface area contributed by atoms with Gasteiger partial charge in [0.2, 0.25) is 0 Å². The molecular weight excluding hydrogens is 311 g/mol. The zero-order valence-electron chi connectivity index (χ0n) is 10.8. The van der Waals surface area contributed by atoms with Crippen molar-refractivity contribution in [3.8, 4) is 0 Å². The van der Waals surface area contributed by atoms with E-state index in [4.69, 9.17) is 28.9 Å². The monoisotopic (exact) mass is 322 g/mol. The zero-order chi connectivity index (χ0) is 14.3. The summed E-state index contributed by atoms with van der Waals surface area (Å²) in [5.41, 5.74) is 9.41. The van der Waals surface area contributed by atoms with Gasteiger partial charge >= 0.3 is 0 Å². The number of benzene rings is 2. The van der Waals surface area contributed by atoms with E-state index in [0.29, 0.717) is 22.2 Å². The molecule has 0 aliphatic rings.